The van der Waals surface area contributed by atoms with Crippen molar-refractivity contribution >= 4 is 18.2 Å². The van der Waals surface area contributed by atoms with Crippen LogP contribution in [0.5, 0.6) is 5.75 Å². The molecule has 0 saturated carbocycles. The average molecular weight is 301 g/mol. The lowest BCUT2D eigenvalue weighted by Gasteiger charge is -2.23. The van der Waals surface area contributed by atoms with Crippen molar-refractivity contribution in [3.63, 3.8) is 0 Å². The SMILES string of the molecule is COc1ccccc1C(=O)C(CN(C)C)CN(C)C.Cl. The molecule has 0 N–H and O–H groups in total. The van der Waals surface area contributed by atoms with Crippen LogP contribution < -0.4 is 4.74 Å². The Kier molecular flexibility index (Phi) is 8.46. The van der Waals surface area contributed by atoms with E-state index in [4.69, 9.17) is 4.74 Å². The maximum Gasteiger partial charge on any atom is 0.172 e. The van der Waals surface area contributed by atoms with Gasteiger partial charge in [-0.1, -0.05) is 12.1 Å². The van der Waals surface area contributed by atoms with E-state index >= 15 is 0 Å². The summed E-state index contributed by atoms with van der Waals surface area (Å²) in [6.07, 6.45) is 0. The molecule has 0 amide bonds. The van der Waals surface area contributed by atoms with Crippen LogP contribution in [-0.4, -0.2) is 64.0 Å². The fraction of sp³-hybridized carbons (Fsp3) is 0.533. The lowest BCUT2D eigenvalue weighted by molar-refractivity contribution is 0.0867. The van der Waals surface area contributed by atoms with Gasteiger partial charge in [-0.3, -0.25) is 4.79 Å². The van der Waals surface area contributed by atoms with E-state index in [0.29, 0.717) is 11.3 Å². The molecule has 1 rings (SSSR count). The first-order chi connectivity index (χ1) is 8.95. The molecule has 114 valence electrons. The van der Waals surface area contributed by atoms with Gasteiger partial charge in [0, 0.05) is 19.0 Å². The number of methoxy groups -OCH3 is 1. The summed E-state index contributed by atoms with van der Waals surface area (Å²) in [6, 6.07) is 7.41. The largest absolute Gasteiger partial charge is 0.496 e. The van der Waals surface area contributed by atoms with Crippen molar-refractivity contribution in [1.82, 2.24) is 9.80 Å². The van der Waals surface area contributed by atoms with Gasteiger partial charge in [0.05, 0.1) is 12.7 Å². The number of para-hydroxylation sites is 1. The summed E-state index contributed by atoms with van der Waals surface area (Å²) >= 11 is 0. The maximum absolute atomic E-state index is 12.7. The fourth-order valence-corrected chi connectivity index (χ4v) is 2.17. The van der Waals surface area contributed by atoms with Crippen molar-refractivity contribution in [3.8, 4) is 5.75 Å². The van der Waals surface area contributed by atoms with Gasteiger partial charge in [0.1, 0.15) is 5.75 Å². The molecular weight excluding hydrogens is 276 g/mol. The second-order valence-electron chi connectivity index (χ2n) is 5.29. The minimum absolute atomic E-state index is 0. The Morgan fingerprint density at radius 1 is 1.10 bits per heavy atom. The van der Waals surface area contributed by atoms with E-state index in [1.165, 1.54) is 0 Å². The van der Waals surface area contributed by atoms with E-state index in [0.717, 1.165) is 13.1 Å². The van der Waals surface area contributed by atoms with Crippen LogP contribution in [0.3, 0.4) is 0 Å². The van der Waals surface area contributed by atoms with Crippen LogP contribution in [-0.2, 0) is 0 Å². The summed E-state index contributed by atoms with van der Waals surface area (Å²) in [5, 5.41) is 0. The molecule has 0 saturated heterocycles. The molecule has 0 aliphatic carbocycles. The smallest absolute Gasteiger partial charge is 0.172 e. The van der Waals surface area contributed by atoms with Gasteiger partial charge in [-0.25, -0.2) is 0 Å². The monoisotopic (exact) mass is 300 g/mol. The molecule has 20 heavy (non-hydrogen) atoms. The molecule has 0 spiro atoms. The van der Waals surface area contributed by atoms with Gasteiger partial charge in [-0.2, -0.15) is 0 Å². The Morgan fingerprint density at radius 3 is 2.05 bits per heavy atom. The number of rotatable bonds is 7. The van der Waals surface area contributed by atoms with Crippen LogP contribution in [0.25, 0.3) is 0 Å². The number of benzene rings is 1. The van der Waals surface area contributed by atoms with Crippen molar-refractivity contribution in [2.24, 2.45) is 5.92 Å². The molecule has 0 radical (unpaired) electrons. The predicted octanol–water partition coefficient (Wildman–Crippen LogP) is 2.04. The maximum atomic E-state index is 12.7. The van der Waals surface area contributed by atoms with Crippen molar-refractivity contribution in [2.45, 2.75) is 0 Å². The summed E-state index contributed by atoms with van der Waals surface area (Å²) in [5.41, 5.74) is 0.665. The molecule has 0 heterocycles. The lowest BCUT2D eigenvalue weighted by Crippen LogP contribution is -2.35. The lowest BCUT2D eigenvalue weighted by atomic mass is 9.96. The second kappa shape index (κ2) is 8.95. The minimum atomic E-state index is -0.0544. The molecule has 4 nitrogen and oxygen atoms in total. The Bertz CT molecular complexity index is 412. The Balaban J connectivity index is 0.00000361. The molecule has 0 bridgehead atoms. The number of nitrogens with zero attached hydrogens (tertiary/aromatic N) is 2. The standard InChI is InChI=1S/C15H24N2O2.ClH/c1-16(2)10-12(11-17(3)4)15(18)13-8-6-7-9-14(13)19-5;/h6-9,12H,10-11H2,1-5H3;1H. The highest BCUT2D eigenvalue weighted by Crippen LogP contribution is 2.21. The third kappa shape index (κ3) is 5.49. The van der Waals surface area contributed by atoms with E-state index in [1.54, 1.807) is 7.11 Å². The van der Waals surface area contributed by atoms with Crippen molar-refractivity contribution in [3.05, 3.63) is 29.8 Å². The molecule has 1 aromatic carbocycles. The molecule has 0 aliphatic rings. The zero-order valence-corrected chi connectivity index (χ0v) is 13.7. The third-order valence-electron chi connectivity index (χ3n) is 2.91. The first kappa shape index (κ1) is 18.9. The van der Waals surface area contributed by atoms with Gasteiger partial charge >= 0.3 is 0 Å². The fourth-order valence-electron chi connectivity index (χ4n) is 2.17. The highest BCUT2D eigenvalue weighted by Gasteiger charge is 2.23. The second-order valence-corrected chi connectivity index (χ2v) is 5.29. The van der Waals surface area contributed by atoms with Crippen molar-refractivity contribution in [2.75, 3.05) is 48.4 Å². The van der Waals surface area contributed by atoms with Crippen LogP contribution in [0.1, 0.15) is 10.4 Å². The Hall–Kier alpha value is -1.10. The number of Topliss-reactive ketones (excluding diaryl/α,β-unsaturated/α-hetero) is 1. The van der Waals surface area contributed by atoms with Gasteiger partial charge in [-0.05, 0) is 40.3 Å². The minimum Gasteiger partial charge on any atom is -0.496 e. The van der Waals surface area contributed by atoms with Crippen LogP contribution in [0, 0.1) is 5.92 Å². The summed E-state index contributed by atoms with van der Waals surface area (Å²) in [6.45, 7) is 1.46. The van der Waals surface area contributed by atoms with Crippen LogP contribution in [0.15, 0.2) is 24.3 Å². The van der Waals surface area contributed by atoms with Gasteiger partial charge < -0.3 is 14.5 Å². The van der Waals surface area contributed by atoms with Gasteiger partial charge in [-0.15, -0.1) is 12.4 Å². The number of halogens is 1. The highest BCUT2D eigenvalue weighted by molar-refractivity contribution is 6.00. The first-order valence-corrected chi connectivity index (χ1v) is 6.42. The first-order valence-electron chi connectivity index (χ1n) is 6.42. The van der Waals surface area contributed by atoms with Gasteiger partial charge in [0.2, 0.25) is 0 Å². The number of ether oxygens (including phenoxy) is 1. The molecular formula is C15H25ClN2O2. The van der Waals surface area contributed by atoms with Gasteiger partial charge in [0.25, 0.3) is 0 Å². The summed E-state index contributed by atoms with van der Waals surface area (Å²) in [7, 11) is 9.53. The number of carbonyl (C=O) groups excluding carboxylic acids is 1. The predicted molar refractivity (Wildman–Crippen MR) is 85.2 cm³/mol. The zero-order chi connectivity index (χ0) is 14.4. The molecule has 0 aliphatic heterocycles. The molecule has 5 heteroatoms. The summed E-state index contributed by atoms with van der Waals surface area (Å²) in [5.74, 6) is 0.733. The number of hydrogen-bond acceptors (Lipinski definition) is 4. The number of ketones is 1. The summed E-state index contributed by atoms with van der Waals surface area (Å²) in [4.78, 5) is 16.7. The highest BCUT2D eigenvalue weighted by atomic mass is 35.5. The van der Waals surface area contributed by atoms with Crippen LogP contribution in [0.4, 0.5) is 0 Å². The van der Waals surface area contributed by atoms with Crippen LogP contribution in [0.2, 0.25) is 0 Å². The van der Waals surface area contributed by atoms with Crippen molar-refractivity contribution < 1.29 is 9.53 Å². The van der Waals surface area contributed by atoms with Crippen molar-refractivity contribution in [1.29, 1.82) is 0 Å². The molecule has 1 aromatic rings. The van der Waals surface area contributed by atoms with E-state index in [1.807, 2.05) is 62.3 Å². The molecule has 0 unspecified atom stereocenters. The van der Waals surface area contributed by atoms with E-state index < -0.39 is 0 Å². The zero-order valence-electron chi connectivity index (χ0n) is 12.9. The molecule has 0 aromatic heterocycles. The Morgan fingerprint density at radius 2 is 1.60 bits per heavy atom. The van der Waals surface area contributed by atoms with E-state index in [9.17, 15) is 4.79 Å². The normalized spacial score (nSPS) is 10.8. The van der Waals surface area contributed by atoms with Gasteiger partial charge in [0.15, 0.2) is 5.78 Å². The van der Waals surface area contributed by atoms with E-state index in [2.05, 4.69) is 0 Å². The number of hydrogen-bond donors (Lipinski definition) is 0. The molecule has 0 atom stereocenters. The Labute approximate surface area is 128 Å². The quantitative estimate of drug-likeness (QED) is 0.722. The number of carbonyl (C=O) groups is 1. The van der Waals surface area contributed by atoms with E-state index in [-0.39, 0.29) is 24.1 Å². The average Bonchev–Trinajstić information content (AvgIpc) is 2.36. The summed E-state index contributed by atoms with van der Waals surface area (Å²) < 4.78 is 5.28. The molecule has 0 fully saturated rings. The topological polar surface area (TPSA) is 32.8 Å². The van der Waals surface area contributed by atoms with Crippen LogP contribution >= 0.6 is 12.4 Å². The third-order valence-corrected chi connectivity index (χ3v) is 2.91.